The van der Waals surface area contributed by atoms with E-state index in [2.05, 4.69) is 21.9 Å². The van der Waals surface area contributed by atoms with Gasteiger partial charge in [-0.25, -0.2) is 0 Å². The molecular weight excluding hydrogens is 250 g/mol. The maximum Gasteiger partial charge on any atom is 0.142 e. The average molecular weight is 277 g/mol. The number of nitrogens with two attached hydrogens (primary N) is 1. The Balaban J connectivity index is 1.79. The first-order valence-electron chi connectivity index (χ1n) is 7.65. The zero-order valence-electron chi connectivity index (χ0n) is 12.6. The van der Waals surface area contributed by atoms with Crippen LogP contribution in [0.2, 0.25) is 0 Å². The van der Waals surface area contributed by atoms with Gasteiger partial charge in [-0.15, -0.1) is 0 Å². The van der Waals surface area contributed by atoms with Crippen molar-refractivity contribution < 1.29 is 4.74 Å². The maximum absolute atomic E-state index is 5.53. The van der Waals surface area contributed by atoms with Gasteiger partial charge in [-0.2, -0.15) is 0 Å². The predicted octanol–water partition coefficient (Wildman–Crippen LogP) is 1.95. The molecule has 112 valence electrons. The Hall–Kier alpha value is -1.26. The molecule has 1 heterocycles. The zero-order chi connectivity index (χ0) is 14.2. The molecule has 0 bridgehead atoms. The second-order valence-electron chi connectivity index (χ2n) is 5.35. The molecule has 4 heteroatoms. The topological polar surface area (TPSA) is 41.7 Å². The summed E-state index contributed by atoms with van der Waals surface area (Å²) in [6, 6.07) is 8.29. The summed E-state index contributed by atoms with van der Waals surface area (Å²) >= 11 is 0. The Labute approximate surface area is 122 Å². The number of anilines is 1. The number of methoxy groups -OCH3 is 1. The monoisotopic (exact) mass is 277 g/mol. The Morgan fingerprint density at radius 2 is 1.80 bits per heavy atom. The number of hydrogen-bond acceptors (Lipinski definition) is 4. The van der Waals surface area contributed by atoms with Crippen LogP contribution in [0.1, 0.15) is 19.3 Å². The van der Waals surface area contributed by atoms with Crippen molar-refractivity contribution in [3.8, 4) is 5.75 Å². The van der Waals surface area contributed by atoms with Crippen LogP contribution in [0.15, 0.2) is 24.3 Å². The first-order valence-corrected chi connectivity index (χ1v) is 7.65. The van der Waals surface area contributed by atoms with Crippen LogP contribution in [-0.2, 0) is 0 Å². The highest BCUT2D eigenvalue weighted by atomic mass is 16.5. The molecule has 1 fully saturated rings. The van der Waals surface area contributed by atoms with Gasteiger partial charge in [0.05, 0.1) is 12.8 Å². The van der Waals surface area contributed by atoms with Crippen LogP contribution in [0.4, 0.5) is 5.69 Å². The fraction of sp³-hybridized carbons (Fsp3) is 0.625. The first kappa shape index (κ1) is 15.1. The molecular formula is C16H27N3O. The highest BCUT2D eigenvalue weighted by molar-refractivity contribution is 5.58. The van der Waals surface area contributed by atoms with Crippen LogP contribution in [0.5, 0.6) is 5.75 Å². The summed E-state index contributed by atoms with van der Waals surface area (Å²) in [5.74, 6) is 0.976. The molecule has 1 aromatic rings. The lowest BCUT2D eigenvalue weighted by molar-refractivity contribution is 0.251. The Kier molecular flexibility index (Phi) is 6.15. The van der Waals surface area contributed by atoms with Crippen molar-refractivity contribution in [2.75, 3.05) is 51.3 Å². The van der Waals surface area contributed by atoms with Gasteiger partial charge in [0.2, 0.25) is 0 Å². The second-order valence-corrected chi connectivity index (χ2v) is 5.35. The van der Waals surface area contributed by atoms with Gasteiger partial charge in [0, 0.05) is 26.2 Å². The van der Waals surface area contributed by atoms with Gasteiger partial charge in [-0.05, 0) is 38.1 Å². The summed E-state index contributed by atoms with van der Waals surface area (Å²) < 4.78 is 5.45. The summed E-state index contributed by atoms with van der Waals surface area (Å²) in [6.45, 7) is 6.47. The van der Waals surface area contributed by atoms with Gasteiger partial charge in [0.15, 0.2) is 0 Å². The number of nitrogens with zero attached hydrogens (tertiary/aromatic N) is 2. The molecule has 1 aliphatic heterocycles. The van der Waals surface area contributed by atoms with E-state index in [4.69, 9.17) is 10.5 Å². The Bertz CT molecular complexity index is 389. The molecule has 1 aromatic carbocycles. The number of hydrogen-bond donors (Lipinski definition) is 1. The van der Waals surface area contributed by atoms with E-state index in [0.29, 0.717) is 0 Å². The minimum absolute atomic E-state index is 0.821. The first-order chi connectivity index (χ1) is 9.85. The van der Waals surface area contributed by atoms with E-state index in [-0.39, 0.29) is 0 Å². The lowest BCUT2D eigenvalue weighted by Gasteiger charge is -2.36. The third kappa shape index (κ3) is 4.12. The van der Waals surface area contributed by atoms with Crippen LogP contribution in [0, 0.1) is 0 Å². The van der Waals surface area contributed by atoms with E-state index in [9.17, 15) is 0 Å². The summed E-state index contributed by atoms with van der Waals surface area (Å²) in [5.41, 5.74) is 6.75. The number of benzene rings is 1. The summed E-state index contributed by atoms with van der Waals surface area (Å²) in [7, 11) is 1.74. The molecule has 0 aliphatic carbocycles. The molecule has 20 heavy (non-hydrogen) atoms. The Morgan fingerprint density at radius 1 is 1.05 bits per heavy atom. The molecule has 2 N–H and O–H groups in total. The largest absolute Gasteiger partial charge is 0.495 e. The van der Waals surface area contributed by atoms with Gasteiger partial charge in [-0.1, -0.05) is 18.6 Å². The minimum Gasteiger partial charge on any atom is -0.495 e. The van der Waals surface area contributed by atoms with Crippen LogP contribution < -0.4 is 15.4 Å². The van der Waals surface area contributed by atoms with Gasteiger partial charge in [-0.3, -0.25) is 4.90 Å². The molecule has 2 rings (SSSR count). The second kappa shape index (κ2) is 8.12. The van der Waals surface area contributed by atoms with E-state index in [1.54, 1.807) is 7.11 Å². The molecule has 0 radical (unpaired) electrons. The molecule has 0 atom stereocenters. The standard InChI is InChI=1S/C16H27N3O/c1-20-16-8-4-3-7-15(16)19-13-11-18(12-14-19)10-6-2-5-9-17/h3-4,7-8H,2,5-6,9-14,17H2,1H3. The molecule has 0 amide bonds. The molecule has 0 saturated carbocycles. The molecule has 1 aliphatic rings. The van der Waals surface area contributed by atoms with Crippen LogP contribution in [0.25, 0.3) is 0 Å². The smallest absolute Gasteiger partial charge is 0.142 e. The van der Waals surface area contributed by atoms with E-state index >= 15 is 0 Å². The lowest BCUT2D eigenvalue weighted by Crippen LogP contribution is -2.46. The SMILES string of the molecule is COc1ccccc1N1CCN(CCCCCN)CC1. The average Bonchev–Trinajstić information content (AvgIpc) is 2.52. The summed E-state index contributed by atoms with van der Waals surface area (Å²) in [6.07, 6.45) is 3.68. The van der Waals surface area contributed by atoms with Crippen molar-refractivity contribution >= 4 is 5.69 Å². The molecule has 4 nitrogen and oxygen atoms in total. The van der Waals surface area contributed by atoms with Gasteiger partial charge < -0.3 is 15.4 Å². The molecule has 1 saturated heterocycles. The van der Waals surface area contributed by atoms with Crippen LogP contribution in [-0.4, -0.2) is 51.3 Å². The normalized spacial score (nSPS) is 16.4. The number of piperazine rings is 1. The van der Waals surface area contributed by atoms with Gasteiger partial charge in [0.1, 0.15) is 5.75 Å². The molecule has 0 aromatic heterocycles. The Morgan fingerprint density at radius 3 is 2.50 bits per heavy atom. The van der Waals surface area contributed by atoms with E-state index in [1.165, 1.54) is 25.1 Å². The molecule has 0 spiro atoms. The number of unbranched alkanes of at least 4 members (excludes halogenated alkanes) is 2. The van der Waals surface area contributed by atoms with E-state index < -0.39 is 0 Å². The van der Waals surface area contributed by atoms with Crippen LogP contribution in [0.3, 0.4) is 0 Å². The lowest BCUT2D eigenvalue weighted by atomic mass is 10.2. The summed E-state index contributed by atoms with van der Waals surface area (Å²) in [5, 5.41) is 0. The minimum atomic E-state index is 0.821. The van der Waals surface area contributed by atoms with Crippen molar-refractivity contribution in [1.82, 2.24) is 4.90 Å². The van der Waals surface area contributed by atoms with Gasteiger partial charge >= 0.3 is 0 Å². The quantitative estimate of drug-likeness (QED) is 0.774. The highest BCUT2D eigenvalue weighted by Crippen LogP contribution is 2.28. The highest BCUT2D eigenvalue weighted by Gasteiger charge is 2.18. The maximum atomic E-state index is 5.53. The van der Waals surface area contributed by atoms with Crippen molar-refractivity contribution in [2.24, 2.45) is 5.73 Å². The third-order valence-electron chi connectivity index (χ3n) is 3.98. The van der Waals surface area contributed by atoms with E-state index in [0.717, 1.165) is 44.9 Å². The van der Waals surface area contributed by atoms with Crippen molar-refractivity contribution in [3.05, 3.63) is 24.3 Å². The number of ether oxygens (including phenoxy) is 1. The molecule has 0 unspecified atom stereocenters. The number of para-hydroxylation sites is 2. The van der Waals surface area contributed by atoms with E-state index in [1.807, 2.05) is 12.1 Å². The third-order valence-corrected chi connectivity index (χ3v) is 3.98. The zero-order valence-corrected chi connectivity index (χ0v) is 12.6. The number of rotatable bonds is 7. The fourth-order valence-electron chi connectivity index (χ4n) is 2.76. The van der Waals surface area contributed by atoms with Crippen molar-refractivity contribution in [3.63, 3.8) is 0 Å². The fourth-order valence-corrected chi connectivity index (χ4v) is 2.76. The van der Waals surface area contributed by atoms with Crippen molar-refractivity contribution in [2.45, 2.75) is 19.3 Å². The van der Waals surface area contributed by atoms with Gasteiger partial charge in [0.25, 0.3) is 0 Å². The predicted molar refractivity (Wildman–Crippen MR) is 84.6 cm³/mol. The van der Waals surface area contributed by atoms with Crippen LogP contribution >= 0.6 is 0 Å². The van der Waals surface area contributed by atoms with Crippen molar-refractivity contribution in [1.29, 1.82) is 0 Å². The summed E-state index contributed by atoms with van der Waals surface area (Å²) in [4.78, 5) is 4.98.